The van der Waals surface area contributed by atoms with Crippen LogP contribution in [0.25, 0.3) is 0 Å². The van der Waals surface area contributed by atoms with Crippen LogP contribution in [0.2, 0.25) is 0 Å². The number of amides is 4. The van der Waals surface area contributed by atoms with Crippen LogP contribution >= 0.6 is 0 Å². The number of nitrogens with zero attached hydrogens (tertiary/aromatic N) is 2. The van der Waals surface area contributed by atoms with E-state index < -0.39 is 23.7 Å². The molecule has 3 N–H and O–H groups in total. The third-order valence-corrected chi connectivity index (χ3v) is 9.13. The van der Waals surface area contributed by atoms with Gasteiger partial charge in [-0.3, -0.25) is 19.2 Å². The number of nitrogens with one attached hydrogen (secondary N) is 3. The Morgan fingerprint density at radius 1 is 1.07 bits per heavy atom. The maximum Gasteiger partial charge on any atom is 0.248 e. The molecule has 2 saturated heterocycles. The number of hydrogen-bond donors (Lipinski definition) is 3. The molecule has 1 aliphatic carbocycles. The van der Waals surface area contributed by atoms with Crippen molar-refractivity contribution >= 4 is 23.6 Å². The van der Waals surface area contributed by atoms with Crippen molar-refractivity contribution in [2.24, 2.45) is 5.92 Å². The first kappa shape index (κ1) is 30.9. The van der Waals surface area contributed by atoms with Gasteiger partial charge in [0.15, 0.2) is 0 Å². The van der Waals surface area contributed by atoms with Crippen molar-refractivity contribution < 1.29 is 23.6 Å². The van der Waals surface area contributed by atoms with Crippen molar-refractivity contribution in [3.63, 3.8) is 0 Å². The van der Waals surface area contributed by atoms with Crippen LogP contribution in [0.4, 0.5) is 4.39 Å². The first-order valence-corrected chi connectivity index (χ1v) is 15.0. The maximum absolute atomic E-state index is 14.4. The van der Waals surface area contributed by atoms with Crippen molar-refractivity contribution in [1.29, 1.82) is 0 Å². The fraction of sp³-hybridized carbons (Fsp3) is 0.677. The highest BCUT2D eigenvalue weighted by molar-refractivity contribution is 5.95. The van der Waals surface area contributed by atoms with E-state index in [1.54, 1.807) is 29.8 Å². The lowest BCUT2D eigenvalue weighted by Crippen LogP contribution is -2.70. The van der Waals surface area contributed by atoms with Crippen LogP contribution < -0.4 is 16.0 Å². The third kappa shape index (κ3) is 6.42. The number of halogens is 1. The average molecular weight is 572 g/mol. The van der Waals surface area contributed by atoms with Crippen molar-refractivity contribution in [1.82, 2.24) is 25.8 Å². The van der Waals surface area contributed by atoms with Gasteiger partial charge in [-0.1, -0.05) is 19.9 Å². The molecular formula is C31H46FN5O4. The summed E-state index contributed by atoms with van der Waals surface area (Å²) in [7, 11) is 1.67. The van der Waals surface area contributed by atoms with Gasteiger partial charge < -0.3 is 25.8 Å². The lowest BCUT2D eigenvalue weighted by molar-refractivity contribution is -0.154. The predicted octanol–water partition coefficient (Wildman–Crippen LogP) is 2.83. The van der Waals surface area contributed by atoms with E-state index in [-0.39, 0.29) is 47.4 Å². The molecule has 4 amide bonds. The number of likely N-dealkylation sites (N-methyl/N-ethyl adjacent to an activating group) is 1. The van der Waals surface area contributed by atoms with Gasteiger partial charge in [-0.2, -0.15) is 0 Å². The minimum Gasteiger partial charge on any atom is -0.347 e. The lowest BCUT2D eigenvalue weighted by Gasteiger charge is -2.49. The summed E-state index contributed by atoms with van der Waals surface area (Å²) in [4.78, 5) is 58.1. The van der Waals surface area contributed by atoms with Gasteiger partial charge in [0.25, 0.3) is 0 Å². The molecule has 226 valence electrons. The molecule has 9 nitrogen and oxygen atoms in total. The van der Waals surface area contributed by atoms with Gasteiger partial charge in [0.05, 0.1) is 17.6 Å². The van der Waals surface area contributed by atoms with E-state index in [1.165, 1.54) is 12.1 Å². The number of carbonyl (C=O) groups is 4. The second-order valence-corrected chi connectivity index (χ2v) is 12.8. The zero-order valence-corrected chi connectivity index (χ0v) is 25.3. The molecule has 2 heterocycles. The normalized spacial score (nSPS) is 26.5. The quantitative estimate of drug-likeness (QED) is 0.466. The summed E-state index contributed by atoms with van der Waals surface area (Å²) in [5, 5.41) is 8.96. The molecule has 2 aliphatic heterocycles. The van der Waals surface area contributed by atoms with E-state index in [0.29, 0.717) is 38.6 Å². The Balaban J connectivity index is 1.63. The molecule has 1 aromatic rings. The molecule has 0 saturated carbocycles. The molecule has 0 bridgehead atoms. The van der Waals surface area contributed by atoms with Gasteiger partial charge in [-0.15, -0.1) is 0 Å². The second kappa shape index (κ2) is 12.5. The first-order valence-electron chi connectivity index (χ1n) is 15.0. The molecule has 1 unspecified atom stereocenters. The zero-order valence-electron chi connectivity index (χ0n) is 25.3. The average Bonchev–Trinajstić information content (AvgIpc) is 3.33. The number of benzene rings is 1. The molecule has 4 rings (SSSR count). The zero-order chi connectivity index (χ0) is 30.1. The Bertz CT molecular complexity index is 1170. The summed E-state index contributed by atoms with van der Waals surface area (Å²) in [6.07, 6.45) is 4.42. The summed E-state index contributed by atoms with van der Waals surface area (Å²) in [5.41, 5.74) is 0.800. The van der Waals surface area contributed by atoms with Crippen LogP contribution in [0.1, 0.15) is 90.3 Å². The lowest BCUT2D eigenvalue weighted by atomic mass is 9.87. The van der Waals surface area contributed by atoms with Crippen molar-refractivity contribution in [3.05, 3.63) is 35.1 Å². The SMILES string of the molecule is CN[C@@H](C)C(=O)N[C@@H]1C(=O)N2[C@H](CC[C@H]2C(=O)NC2CCCc3ccc(F)cc32)CCN(C(=O)CC(C)C)C1(C)C. The van der Waals surface area contributed by atoms with E-state index in [4.69, 9.17) is 0 Å². The van der Waals surface area contributed by atoms with Crippen molar-refractivity contribution in [2.45, 2.75) is 115 Å². The Kier molecular flexibility index (Phi) is 9.41. The highest BCUT2D eigenvalue weighted by Gasteiger charge is 2.52. The van der Waals surface area contributed by atoms with Crippen LogP contribution in [-0.2, 0) is 25.6 Å². The molecule has 10 heteroatoms. The maximum atomic E-state index is 14.4. The fourth-order valence-electron chi connectivity index (χ4n) is 6.66. The van der Waals surface area contributed by atoms with Gasteiger partial charge in [-0.25, -0.2) is 4.39 Å². The molecule has 5 atom stereocenters. The first-order chi connectivity index (χ1) is 19.3. The summed E-state index contributed by atoms with van der Waals surface area (Å²) < 4.78 is 14.1. The second-order valence-electron chi connectivity index (χ2n) is 12.8. The van der Waals surface area contributed by atoms with Gasteiger partial charge in [0.1, 0.15) is 17.9 Å². The molecule has 41 heavy (non-hydrogen) atoms. The molecular weight excluding hydrogens is 525 g/mol. The predicted molar refractivity (Wildman–Crippen MR) is 154 cm³/mol. The molecule has 0 aromatic heterocycles. The number of carbonyl (C=O) groups excluding carboxylic acids is 4. The summed E-state index contributed by atoms with van der Waals surface area (Å²) >= 11 is 0. The summed E-state index contributed by atoms with van der Waals surface area (Å²) in [6, 6.07) is 1.87. The van der Waals surface area contributed by atoms with Crippen molar-refractivity contribution in [3.8, 4) is 0 Å². The van der Waals surface area contributed by atoms with Gasteiger partial charge >= 0.3 is 0 Å². The van der Waals surface area contributed by atoms with Gasteiger partial charge in [-0.05, 0) is 95.5 Å². The number of hydrogen-bond acceptors (Lipinski definition) is 5. The number of aryl methyl sites for hydroxylation is 1. The minimum absolute atomic E-state index is 0.0531. The highest BCUT2D eigenvalue weighted by atomic mass is 19.1. The Morgan fingerprint density at radius 3 is 2.49 bits per heavy atom. The number of rotatable bonds is 7. The summed E-state index contributed by atoms with van der Waals surface area (Å²) in [6.45, 7) is 9.72. The number of fused-ring (bicyclic) bond motifs is 2. The summed E-state index contributed by atoms with van der Waals surface area (Å²) in [5.74, 6) is -1.21. The van der Waals surface area contributed by atoms with E-state index in [2.05, 4.69) is 16.0 Å². The fourth-order valence-corrected chi connectivity index (χ4v) is 6.66. The monoisotopic (exact) mass is 571 g/mol. The molecule has 0 radical (unpaired) electrons. The van der Waals surface area contributed by atoms with Crippen LogP contribution in [0.3, 0.4) is 0 Å². The third-order valence-electron chi connectivity index (χ3n) is 9.13. The minimum atomic E-state index is -1.04. The Labute approximate surface area is 243 Å². The Morgan fingerprint density at radius 2 is 1.80 bits per heavy atom. The van der Waals surface area contributed by atoms with E-state index in [1.807, 2.05) is 27.7 Å². The van der Waals surface area contributed by atoms with E-state index in [0.717, 1.165) is 24.0 Å². The Hall–Kier alpha value is -3.01. The molecule has 3 aliphatic rings. The molecule has 0 spiro atoms. The largest absolute Gasteiger partial charge is 0.347 e. The van der Waals surface area contributed by atoms with Crippen LogP contribution in [0, 0.1) is 11.7 Å². The van der Waals surface area contributed by atoms with Gasteiger partial charge in [0, 0.05) is 19.0 Å². The van der Waals surface area contributed by atoms with E-state index in [9.17, 15) is 23.6 Å². The van der Waals surface area contributed by atoms with Crippen molar-refractivity contribution in [2.75, 3.05) is 13.6 Å². The molecule has 2 fully saturated rings. The van der Waals surface area contributed by atoms with Crippen LogP contribution in [-0.4, -0.2) is 76.7 Å². The van der Waals surface area contributed by atoms with Gasteiger partial charge in [0.2, 0.25) is 23.6 Å². The smallest absolute Gasteiger partial charge is 0.248 e. The standard InChI is InChI=1S/C31H46FN5O4/c1-18(2)16-26(38)36-15-14-22-12-13-25(29(40)34-24-9-7-8-20-10-11-21(32)17-23(20)24)37(22)30(41)27(31(36,4)5)35-28(39)19(3)33-6/h10-11,17-19,22,24-25,27,33H,7-9,12-16H2,1-6H3,(H,34,40)(H,35,39)/t19-,22+,24?,25-,27+/m0/s1. The highest BCUT2D eigenvalue weighted by Crippen LogP contribution is 2.36. The van der Waals surface area contributed by atoms with Crippen LogP contribution in [0.5, 0.6) is 0 Å². The van der Waals surface area contributed by atoms with E-state index >= 15 is 0 Å². The van der Waals surface area contributed by atoms with Crippen LogP contribution in [0.15, 0.2) is 18.2 Å². The molecule has 1 aromatic carbocycles. The topological polar surface area (TPSA) is 111 Å².